The topological polar surface area (TPSA) is 75.6 Å². The number of likely N-dealkylation sites (N-methyl/N-ethyl adjacent to an activating group) is 1. The first-order valence-corrected chi connectivity index (χ1v) is 9.12. The van der Waals surface area contributed by atoms with E-state index in [0.717, 1.165) is 28.3 Å². The van der Waals surface area contributed by atoms with E-state index in [9.17, 15) is 4.79 Å². The number of piperazine rings is 1. The predicted octanol–water partition coefficient (Wildman–Crippen LogP) is 3.11. The number of fused-ring (bicyclic) bond motifs is 1. The van der Waals surface area contributed by atoms with Gasteiger partial charge in [0.05, 0.1) is 16.3 Å². The van der Waals surface area contributed by atoms with E-state index in [0.29, 0.717) is 24.6 Å². The quantitative estimate of drug-likeness (QED) is 0.693. The molecule has 1 amide bonds. The Bertz CT molecular complexity index is 881. The van der Waals surface area contributed by atoms with Crippen LogP contribution < -0.4 is 5.73 Å². The zero-order valence-electron chi connectivity index (χ0n) is 14.8. The molecule has 3 heterocycles. The maximum Gasteiger partial charge on any atom is 0.289 e. The molecule has 0 bridgehead atoms. The van der Waals surface area contributed by atoms with E-state index < -0.39 is 0 Å². The van der Waals surface area contributed by atoms with Gasteiger partial charge in [0.2, 0.25) is 0 Å². The van der Waals surface area contributed by atoms with Crippen molar-refractivity contribution in [3.05, 3.63) is 42.2 Å². The number of benzene rings is 1. The monoisotopic (exact) mass is 428 g/mol. The highest BCUT2D eigenvalue weighted by Crippen LogP contribution is 2.31. The highest BCUT2D eigenvalue weighted by Gasteiger charge is 2.30. The number of furan rings is 1. The molecule has 1 fully saturated rings. The molecular weight excluding hydrogens is 407 g/mol. The Hall–Kier alpha value is -1.64. The minimum Gasteiger partial charge on any atom is -0.448 e. The van der Waals surface area contributed by atoms with Crippen molar-refractivity contribution in [1.29, 1.82) is 0 Å². The highest BCUT2D eigenvalue weighted by molar-refractivity contribution is 7.21. The number of rotatable bonds is 3. The smallest absolute Gasteiger partial charge is 0.289 e. The Labute approximate surface area is 174 Å². The first kappa shape index (κ1) is 21.7. The van der Waals surface area contributed by atoms with Crippen molar-refractivity contribution in [2.24, 2.45) is 5.73 Å². The van der Waals surface area contributed by atoms with Crippen molar-refractivity contribution >= 4 is 52.3 Å². The molecule has 1 unspecified atom stereocenters. The van der Waals surface area contributed by atoms with E-state index in [2.05, 4.69) is 9.88 Å². The maximum absolute atomic E-state index is 12.8. The van der Waals surface area contributed by atoms with Crippen LogP contribution in [-0.2, 0) is 0 Å². The number of aromatic nitrogens is 1. The zero-order valence-corrected chi connectivity index (χ0v) is 17.3. The van der Waals surface area contributed by atoms with Gasteiger partial charge in [0.15, 0.2) is 16.5 Å². The average molecular weight is 429 g/mol. The fraction of sp³-hybridized carbons (Fsp3) is 0.333. The molecule has 146 valence electrons. The number of carbonyl (C=O) groups is 1. The molecule has 3 aromatic rings. The number of carbonyl (C=O) groups excluding carboxylic acids is 1. The van der Waals surface area contributed by atoms with Gasteiger partial charge in [-0.25, -0.2) is 4.98 Å². The van der Waals surface area contributed by atoms with Crippen molar-refractivity contribution in [2.75, 3.05) is 33.2 Å². The summed E-state index contributed by atoms with van der Waals surface area (Å²) in [5.41, 5.74) is 6.79. The van der Waals surface area contributed by atoms with Gasteiger partial charge in [0, 0.05) is 26.2 Å². The lowest BCUT2D eigenvalue weighted by Crippen LogP contribution is -2.56. The van der Waals surface area contributed by atoms with Crippen LogP contribution in [-0.4, -0.2) is 60.0 Å². The SMILES string of the molecule is CN1CCN(C(=O)c2ccc(-c3nc4ccccc4s3)o2)C(CN)C1.Cl.Cl. The third-order valence-electron chi connectivity index (χ3n) is 4.54. The van der Waals surface area contributed by atoms with Gasteiger partial charge < -0.3 is 20.0 Å². The zero-order chi connectivity index (χ0) is 17.4. The normalized spacial score (nSPS) is 17.4. The molecule has 27 heavy (non-hydrogen) atoms. The van der Waals surface area contributed by atoms with Gasteiger partial charge >= 0.3 is 0 Å². The first-order chi connectivity index (χ1) is 12.2. The van der Waals surface area contributed by atoms with Crippen molar-refractivity contribution in [3.63, 3.8) is 0 Å². The standard InChI is InChI=1S/C18H20N4O2S.2ClH/c1-21-8-9-22(12(10-19)11-21)18(23)15-7-6-14(24-15)17-20-13-4-2-3-5-16(13)25-17;;/h2-7,12H,8-11,19H2,1H3;2*1H. The number of hydrogen-bond donors (Lipinski definition) is 1. The third kappa shape index (κ3) is 4.28. The third-order valence-corrected chi connectivity index (χ3v) is 5.59. The minimum absolute atomic E-state index is 0. The number of nitrogens with zero attached hydrogens (tertiary/aromatic N) is 3. The second kappa shape index (κ2) is 9.03. The number of thiazole rings is 1. The summed E-state index contributed by atoms with van der Waals surface area (Å²) in [5, 5.41) is 0.786. The minimum atomic E-state index is -0.101. The van der Waals surface area contributed by atoms with Crippen LogP contribution >= 0.6 is 36.2 Å². The number of para-hydroxylation sites is 1. The van der Waals surface area contributed by atoms with E-state index in [4.69, 9.17) is 10.2 Å². The molecule has 0 saturated carbocycles. The van der Waals surface area contributed by atoms with Crippen molar-refractivity contribution in [1.82, 2.24) is 14.8 Å². The Morgan fingerprint density at radius 2 is 2.04 bits per heavy atom. The summed E-state index contributed by atoms with van der Waals surface area (Å²) in [4.78, 5) is 21.4. The molecule has 0 spiro atoms. The lowest BCUT2D eigenvalue weighted by molar-refractivity contribution is 0.0486. The molecule has 2 N–H and O–H groups in total. The predicted molar refractivity (Wildman–Crippen MR) is 113 cm³/mol. The van der Waals surface area contributed by atoms with Gasteiger partial charge in [-0.15, -0.1) is 36.2 Å². The van der Waals surface area contributed by atoms with Gasteiger partial charge in [-0.3, -0.25) is 4.79 Å². The Kier molecular flexibility index (Phi) is 7.25. The molecule has 0 radical (unpaired) electrons. The Morgan fingerprint density at radius 3 is 2.78 bits per heavy atom. The molecule has 4 rings (SSSR count). The van der Waals surface area contributed by atoms with Gasteiger partial charge in [0.25, 0.3) is 5.91 Å². The fourth-order valence-corrected chi connectivity index (χ4v) is 4.09. The molecule has 1 aliphatic rings. The van der Waals surface area contributed by atoms with Gasteiger partial charge in [-0.1, -0.05) is 12.1 Å². The highest BCUT2D eigenvalue weighted by atomic mass is 35.5. The lowest BCUT2D eigenvalue weighted by Gasteiger charge is -2.39. The van der Waals surface area contributed by atoms with E-state index in [1.165, 1.54) is 0 Å². The number of hydrogen-bond acceptors (Lipinski definition) is 6. The maximum atomic E-state index is 12.8. The molecule has 1 atom stereocenters. The molecule has 0 aliphatic carbocycles. The van der Waals surface area contributed by atoms with Gasteiger partial charge in [-0.05, 0) is 31.3 Å². The molecule has 6 nitrogen and oxygen atoms in total. The molecule has 1 aromatic carbocycles. The van der Waals surface area contributed by atoms with Crippen LogP contribution in [0.4, 0.5) is 0 Å². The number of halogens is 2. The van der Waals surface area contributed by atoms with Crippen molar-refractivity contribution in [2.45, 2.75) is 6.04 Å². The summed E-state index contributed by atoms with van der Waals surface area (Å²) in [7, 11) is 2.04. The molecule has 1 saturated heterocycles. The average Bonchev–Trinajstić information content (AvgIpc) is 3.27. The summed E-state index contributed by atoms with van der Waals surface area (Å²) in [6, 6.07) is 11.5. The summed E-state index contributed by atoms with van der Waals surface area (Å²) in [6.07, 6.45) is 0. The number of amides is 1. The van der Waals surface area contributed by atoms with Crippen LogP contribution in [0.15, 0.2) is 40.8 Å². The largest absolute Gasteiger partial charge is 0.448 e. The van der Waals surface area contributed by atoms with Crippen LogP contribution in [0.1, 0.15) is 10.6 Å². The van der Waals surface area contributed by atoms with Crippen LogP contribution in [0.3, 0.4) is 0 Å². The van der Waals surface area contributed by atoms with E-state index in [1.54, 1.807) is 17.4 Å². The summed E-state index contributed by atoms with van der Waals surface area (Å²) >= 11 is 1.56. The summed E-state index contributed by atoms with van der Waals surface area (Å²) in [6.45, 7) is 2.73. The van der Waals surface area contributed by atoms with Gasteiger partial charge in [-0.2, -0.15) is 0 Å². The van der Waals surface area contributed by atoms with Gasteiger partial charge in [0.1, 0.15) is 0 Å². The first-order valence-electron chi connectivity index (χ1n) is 8.31. The fourth-order valence-electron chi connectivity index (χ4n) is 3.17. The molecule has 1 aliphatic heterocycles. The van der Waals surface area contributed by atoms with Crippen LogP contribution in [0.5, 0.6) is 0 Å². The lowest BCUT2D eigenvalue weighted by atomic mass is 10.1. The second-order valence-electron chi connectivity index (χ2n) is 6.30. The second-order valence-corrected chi connectivity index (χ2v) is 7.33. The Balaban J connectivity index is 0.00000131. The van der Waals surface area contributed by atoms with Crippen LogP contribution in [0.2, 0.25) is 0 Å². The molecule has 9 heteroatoms. The van der Waals surface area contributed by atoms with E-state index >= 15 is 0 Å². The van der Waals surface area contributed by atoms with E-state index in [1.807, 2.05) is 42.3 Å². The van der Waals surface area contributed by atoms with Crippen molar-refractivity contribution in [3.8, 4) is 10.8 Å². The van der Waals surface area contributed by atoms with Crippen molar-refractivity contribution < 1.29 is 9.21 Å². The summed E-state index contributed by atoms with van der Waals surface area (Å²) < 4.78 is 6.94. The number of nitrogens with two attached hydrogens (primary N) is 1. The van der Waals surface area contributed by atoms with E-state index in [-0.39, 0.29) is 36.8 Å². The molecular formula is C18H22Cl2N4O2S. The Morgan fingerprint density at radius 1 is 1.26 bits per heavy atom. The van der Waals surface area contributed by atoms with Crippen LogP contribution in [0.25, 0.3) is 21.0 Å². The van der Waals surface area contributed by atoms with Crippen LogP contribution in [0, 0.1) is 0 Å². The molecule has 2 aromatic heterocycles. The summed E-state index contributed by atoms with van der Waals surface area (Å²) in [5.74, 6) is 0.871.